The molecule has 18 heteroatoms. The van der Waals surface area contributed by atoms with Crippen LogP contribution in [0.25, 0.3) is 66.9 Å². The van der Waals surface area contributed by atoms with Gasteiger partial charge in [-0.05, 0) is 93.8 Å². The normalized spacial score (nSPS) is 15.1. The van der Waals surface area contributed by atoms with Crippen LogP contribution >= 0.6 is 23.2 Å². The van der Waals surface area contributed by atoms with E-state index in [-0.39, 0.29) is 23.9 Å². The van der Waals surface area contributed by atoms with E-state index in [1.165, 1.54) is 12.8 Å². The third-order valence-corrected chi connectivity index (χ3v) is 14.3. The number of H-pyrrole nitrogens is 1. The maximum absolute atomic E-state index is 13.3. The third-order valence-electron chi connectivity index (χ3n) is 12.2. The molecule has 2 aliphatic carbocycles. The van der Waals surface area contributed by atoms with Gasteiger partial charge in [0.25, 0.3) is 11.8 Å². The first-order chi connectivity index (χ1) is 30.6. The fourth-order valence-corrected chi connectivity index (χ4v) is 9.08. The average Bonchev–Trinajstić information content (AvgIpc) is 4.17. The second-order valence-electron chi connectivity index (χ2n) is 18.4. The van der Waals surface area contributed by atoms with E-state index in [1.54, 1.807) is 28.0 Å². The maximum atomic E-state index is 13.3. The number of ether oxygens (including phenoxy) is 1. The van der Waals surface area contributed by atoms with Crippen LogP contribution in [0.3, 0.4) is 0 Å². The fourth-order valence-electron chi connectivity index (χ4n) is 7.99. The summed E-state index contributed by atoms with van der Waals surface area (Å²) in [5, 5.41) is 18.7. The van der Waals surface area contributed by atoms with E-state index in [2.05, 4.69) is 57.4 Å². The Morgan fingerprint density at radius 3 is 1.88 bits per heavy atom. The molecular weight excluding hydrogens is 868 g/mol. The molecule has 332 valence electrons. The van der Waals surface area contributed by atoms with Crippen LogP contribution in [-0.2, 0) is 25.6 Å². The van der Waals surface area contributed by atoms with E-state index in [9.17, 15) is 9.59 Å². The number of aromatic nitrogens is 10. The molecule has 3 N–H and O–H groups in total. The van der Waals surface area contributed by atoms with Gasteiger partial charge in [0, 0.05) is 74.1 Å². The van der Waals surface area contributed by atoms with Crippen LogP contribution < -0.4 is 10.6 Å². The number of carbonyl (C=O) groups is 2. The van der Waals surface area contributed by atoms with E-state index >= 15 is 0 Å². The highest BCUT2D eigenvalue weighted by Crippen LogP contribution is 2.35. The quantitative estimate of drug-likeness (QED) is 0.0752. The molecule has 2 fully saturated rings. The Morgan fingerprint density at radius 2 is 1.33 bits per heavy atom. The molecule has 0 spiro atoms. The number of aromatic amines is 1. The molecular formula is C46H52Cl2N12O3Si. The lowest BCUT2D eigenvalue weighted by molar-refractivity contribution is 0.0888. The number of aryl methyl sites for hydroxylation is 2. The summed E-state index contributed by atoms with van der Waals surface area (Å²) in [6.07, 6.45) is 11.5. The molecule has 10 rings (SSSR count). The van der Waals surface area contributed by atoms with Gasteiger partial charge in [-0.1, -0.05) is 42.8 Å². The first-order valence-corrected chi connectivity index (χ1v) is 26.2. The van der Waals surface area contributed by atoms with Gasteiger partial charge in [-0.25, -0.2) is 19.9 Å². The summed E-state index contributed by atoms with van der Waals surface area (Å²) < 4.78 is 11.4. The predicted molar refractivity (Wildman–Crippen MR) is 254 cm³/mol. The Balaban J connectivity index is 0.000000167. The van der Waals surface area contributed by atoms with Crippen molar-refractivity contribution in [2.24, 2.45) is 25.9 Å². The van der Waals surface area contributed by atoms with Gasteiger partial charge in [0.2, 0.25) is 0 Å². The van der Waals surface area contributed by atoms with Crippen molar-refractivity contribution in [3.63, 3.8) is 0 Å². The zero-order valence-corrected chi connectivity index (χ0v) is 39.6. The third kappa shape index (κ3) is 9.14. The Bertz CT molecular complexity index is 3070. The summed E-state index contributed by atoms with van der Waals surface area (Å²) in [5.41, 5.74) is 7.76. The lowest BCUT2D eigenvalue weighted by Gasteiger charge is -2.15. The largest absolute Gasteiger partial charge is 0.361 e. The van der Waals surface area contributed by atoms with Crippen molar-refractivity contribution in [2.75, 3.05) is 6.61 Å². The van der Waals surface area contributed by atoms with Gasteiger partial charge in [-0.3, -0.25) is 19.0 Å². The number of hydrogen-bond acceptors (Lipinski definition) is 9. The average molecular weight is 920 g/mol. The molecule has 64 heavy (non-hydrogen) atoms. The molecule has 15 nitrogen and oxygen atoms in total. The Hall–Kier alpha value is -5.68. The van der Waals surface area contributed by atoms with Crippen molar-refractivity contribution in [1.82, 2.24) is 59.7 Å². The lowest BCUT2D eigenvalue weighted by atomic mass is 10.1. The summed E-state index contributed by atoms with van der Waals surface area (Å²) in [6.45, 7) is 12.1. The van der Waals surface area contributed by atoms with Crippen molar-refractivity contribution >= 4 is 87.2 Å². The fraction of sp³-hybridized carbons (Fsp3) is 0.391. The lowest BCUT2D eigenvalue weighted by Crippen LogP contribution is -2.34. The smallest absolute Gasteiger partial charge is 0.255 e. The summed E-state index contributed by atoms with van der Waals surface area (Å²) in [7, 11) is 2.54. The minimum absolute atomic E-state index is 0.129. The van der Waals surface area contributed by atoms with Crippen LogP contribution in [0.2, 0.25) is 35.7 Å². The summed E-state index contributed by atoms with van der Waals surface area (Å²) in [5.74, 6) is 0.877. The number of halogens is 2. The summed E-state index contributed by atoms with van der Waals surface area (Å²) in [4.78, 5) is 47.9. The van der Waals surface area contributed by atoms with E-state index in [1.807, 2.05) is 68.2 Å². The van der Waals surface area contributed by atoms with Crippen LogP contribution in [-0.4, -0.2) is 87.6 Å². The topological polar surface area (TPSA) is 175 Å². The summed E-state index contributed by atoms with van der Waals surface area (Å²) in [6, 6.07) is 12.7. The van der Waals surface area contributed by atoms with Crippen LogP contribution in [0.4, 0.5) is 0 Å². The van der Waals surface area contributed by atoms with Gasteiger partial charge in [-0.2, -0.15) is 10.2 Å². The van der Waals surface area contributed by atoms with E-state index in [0.717, 1.165) is 40.7 Å². The molecule has 2 atom stereocenters. The van der Waals surface area contributed by atoms with Crippen LogP contribution in [0, 0.1) is 11.8 Å². The number of rotatable bonds is 13. The molecule has 0 bridgehead atoms. The molecule has 6 aromatic heterocycles. The maximum Gasteiger partial charge on any atom is 0.255 e. The molecule has 0 radical (unpaired) electrons. The number of hydrogen-bond donors (Lipinski definition) is 3. The highest BCUT2D eigenvalue weighted by molar-refractivity contribution is 6.76. The van der Waals surface area contributed by atoms with Crippen LogP contribution in [0.15, 0.2) is 61.2 Å². The van der Waals surface area contributed by atoms with Crippen molar-refractivity contribution < 1.29 is 14.3 Å². The SMILES string of the molecule is C[C@H](NC(=O)c1c[nH]c2ncc(-c3nn(C)c4cc(Cl)ccc34)nc12)C1CC1.C[C@H](NC(=O)c1cn(COCC[Si](C)(C)C)c2ncc(-c3nn(C)c4cc(Cl)ccc34)nc12)C1CC1. The number of nitrogens with zero attached hydrogens (tertiary/aromatic N) is 9. The molecule has 2 aromatic carbocycles. The van der Waals surface area contributed by atoms with E-state index < -0.39 is 8.07 Å². The second-order valence-corrected chi connectivity index (χ2v) is 24.9. The zero-order chi connectivity index (χ0) is 45.0. The summed E-state index contributed by atoms with van der Waals surface area (Å²) >= 11 is 12.3. The standard InChI is InChI=1S/C26H33ClN6O2Si.C20H19ClN6O/c1-16(17-6-7-17)29-26(34)20-14-33(15-35-10-11-36(3,4)5)25-24(20)30-21(13-28-25)23-19-9-8-18(27)12-22(19)32(2)31-23;1-10(11-3-4-11)24-20(28)14-8-22-19-18(14)25-15(9-23-19)17-13-6-5-12(21)7-16(13)27(2)26-17/h8-9,12-14,16-17H,6-7,10-11,15H2,1-5H3,(H,29,34);5-11H,3-4H2,1-2H3,(H,22,23)(H,24,28)/t16-;10-/m00/s1. The Morgan fingerprint density at radius 1 is 0.797 bits per heavy atom. The van der Waals surface area contributed by atoms with E-state index in [0.29, 0.717) is 91.4 Å². The van der Waals surface area contributed by atoms with Crippen LogP contribution in [0.1, 0.15) is 60.2 Å². The number of amides is 2. The van der Waals surface area contributed by atoms with Gasteiger partial charge in [0.15, 0.2) is 11.3 Å². The number of benzene rings is 2. The minimum atomic E-state index is -1.20. The number of carbonyl (C=O) groups excluding carboxylic acids is 2. The van der Waals surface area contributed by atoms with Crippen molar-refractivity contribution in [2.45, 2.75) is 84.0 Å². The molecule has 0 saturated heterocycles. The number of nitrogens with one attached hydrogen (secondary N) is 3. The Labute approximate surface area is 381 Å². The first kappa shape index (κ1) is 43.6. The minimum Gasteiger partial charge on any atom is -0.361 e. The zero-order valence-electron chi connectivity index (χ0n) is 37.0. The highest BCUT2D eigenvalue weighted by atomic mass is 35.5. The Kier molecular flexibility index (Phi) is 11.8. The van der Waals surface area contributed by atoms with E-state index in [4.69, 9.17) is 42.9 Å². The number of fused-ring (bicyclic) bond motifs is 4. The van der Waals surface area contributed by atoms with Gasteiger partial charge >= 0.3 is 0 Å². The molecule has 2 amide bonds. The highest BCUT2D eigenvalue weighted by Gasteiger charge is 2.31. The van der Waals surface area contributed by atoms with Crippen molar-refractivity contribution in [3.8, 4) is 22.8 Å². The molecule has 2 aliphatic rings. The van der Waals surface area contributed by atoms with Gasteiger partial charge in [0.05, 0.1) is 34.6 Å². The molecule has 2 saturated carbocycles. The second kappa shape index (κ2) is 17.4. The predicted octanol–water partition coefficient (Wildman–Crippen LogP) is 9.17. The first-order valence-electron chi connectivity index (χ1n) is 21.8. The molecule has 0 unspecified atom stereocenters. The van der Waals surface area contributed by atoms with Gasteiger partial charge < -0.3 is 24.9 Å². The van der Waals surface area contributed by atoms with Crippen molar-refractivity contribution in [1.29, 1.82) is 0 Å². The molecule has 8 aromatic rings. The van der Waals surface area contributed by atoms with Gasteiger partial charge in [-0.15, -0.1) is 0 Å². The van der Waals surface area contributed by atoms with Crippen LogP contribution in [0.5, 0.6) is 0 Å². The molecule has 0 aliphatic heterocycles. The van der Waals surface area contributed by atoms with Gasteiger partial charge in [0.1, 0.15) is 40.5 Å². The monoisotopic (exact) mass is 918 g/mol. The van der Waals surface area contributed by atoms with Crippen molar-refractivity contribution in [3.05, 3.63) is 82.4 Å². The molecule has 6 heterocycles.